The number of oxime groups is 1. The van der Waals surface area contributed by atoms with E-state index < -0.39 is 0 Å². The molecule has 1 rings (SSSR count). The highest BCUT2D eigenvalue weighted by Crippen LogP contribution is 1.81. The van der Waals surface area contributed by atoms with Crippen LogP contribution >= 0.6 is 0 Å². The number of hydrogen-bond acceptors (Lipinski definition) is 3. The molecule has 0 fully saturated rings. The van der Waals surface area contributed by atoms with Gasteiger partial charge in [0.2, 0.25) is 6.38 Å². The molecule has 1 heterocycles. The van der Waals surface area contributed by atoms with Crippen LogP contribution < -0.4 is 0 Å². The van der Waals surface area contributed by atoms with Gasteiger partial charge in [-0.2, -0.15) is 0 Å². The predicted molar refractivity (Wildman–Crippen MR) is 20.4 cm³/mol. The van der Waals surface area contributed by atoms with Crippen molar-refractivity contribution in [3.8, 4) is 0 Å². The molecule has 0 spiro atoms. The maximum atomic E-state index is 6.67. The van der Waals surface area contributed by atoms with Crippen molar-refractivity contribution in [2.75, 3.05) is 13.2 Å². The summed E-state index contributed by atoms with van der Waals surface area (Å²) in [5.74, 6) is 0. The minimum atomic E-state index is -0.133. The minimum Gasteiger partial charge on any atom is -0.477 e. The largest absolute Gasteiger partial charge is 0.477 e. The molecule has 0 atom stereocenters. The van der Waals surface area contributed by atoms with Gasteiger partial charge in [-0.05, 0) is 0 Å². The number of nitrogens with zero attached hydrogens (tertiary/aromatic N) is 1. The van der Waals surface area contributed by atoms with Crippen LogP contribution in [-0.2, 0) is 9.57 Å². The summed E-state index contributed by atoms with van der Waals surface area (Å²) in [6, 6.07) is 0. The molecule has 0 aliphatic carbocycles. The van der Waals surface area contributed by atoms with Crippen molar-refractivity contribution in [3.05, 3.63) is 0 Å². The van der Waals surface area contributed by atoms with E-state index in [9.17, 15) is 0 Å². The van der Waals surface area contributed by atoms with Gasteiger partial charge in [0.1, 0.15) is 7.98 Å². The van der Waals surface area contributed by atoms with E-state index in [0.29, 0.717) is 13.2 Å². The second-order valence-electron chi connectivity index (χ2n) is 0.864. The highest BCUT2D eigenvalue weighted by atomic mass is 16.7. The monoisotopic (exact) mass is 88.0 g/mol. The Kier molecular flexibility index (Phi) is 0.670. The molecule has 1 aliphatic rings. The van der Waals surface area contributed by atoms with E-state index in [0.717, 1.165) is 0 Å². The van der Waals surface area contributed by atoms with Crippen molar-refractivity contribution < 1.29 is 10.9 Å². The summed E-state index contributed by atoms with van der Waals surface area (Å²) >= 11 is 0. The second kappa shape index (κ2) is 1.64. The normalized spacial score (nSPS) is 22.7. The van der Waals surface area contributed by atoms with Gasteiger partial charge in [-0.3, -0.25) is 0 Å². The maximum absolute atomic E-state index is 6.67. The molecule has 3 nitrogen and oxygen atoms in total. The lowest BCUT2D eigenvalue weighted by molar-refractivity contribution is 0.0719. The summed E-state index contributed by atoms with van der Waals surface area (Å²) in [6.45, 7) is 0.907. The quantitative estimate of drug-likeness (QED) is 0.416. The Morgan fingerprint density at radius 1 is 1.83 bits per heavy atom. The molecule has 0 aromatic carbocycles. The van der Waals surface area contributed by atoms with Crippen molar-refractivity contribution >= 4 is 6.38 Å². The molecular formula is C3H5NO2. The fraction of sp³-hybridized carbons (Fsp3) is 0.667. The summed E-state index contributed by atoms with van der Waals surface area (Å²) in [5, 5.41) is 3.19. The Balaban J connectivity index is 2.40. The zero-order valence-corrected chi connectivity index (χ0v) is 3.18. The van der Waals surface area contributed by atoms with Gasteiger partial charge in [-0.25, -0.2) is 0 Å². The topological polar surface area (TPSA) is 30.8 Å². The first-order valence-electron chi connectivity index (χ1n) is 2.19. The Morgan fingerprint density at radius 3 is 3.17 bits per heavy atom. The second-order valence-corrected chi connectivity index (χ2v) is 0.864. The third kappa shape index (κ3) is 0.607. The van der Waals surface area contributed by atoms with Gasteiger partial charge in [-0.1, -0.05) is 5.16 Å². The molecule has 6 heavy (non-hydrogen) atoms. The lowest BCUT2D eigenvalue weighted by atomic mass is 10.8. The van der Waals surface area contributed by atoms with Crippen LogP contribution in [0, 0.1) is 0 Å². The summed E-state index contributed by atoms with van der Waals surface area (Å²) < 4.78 is 11.2. The predicted octanol–water partition coefficient (Wildman–Crippen LogP) is -0.0235. The zero-order chi connectivity index (χ0) is 5.11. The number of hydrogen-bond donors (Lipinski definition) is 0. The molecule has 0 radical (unpaired) electrons. The van der Waals surface area contributed by atoms with E-state index in [1.54, 1.807) is 0 Å². The van der Waals surface area contributed by atoms with E-state index in [2.05, 4.69) is 14.7 Å². The van der Waals surface area contributed by atoms with E-state index in [4.69, 9.17) is 1.37 Å². The third-order valence-electron chi connectivity index (χ3n) is 0.443. The van der Waals surface area contributed by atoms with Gasteiger partial charge < -0.3 is 9.57 Å². The molecule has 34 valence electrons. The van der Waals surface area contributed by atoms with Crippen molar-refractivity contribution in [1.82, 2.24) is 0 Å². The fourth-order valence-corrected chi connectivity index (χ4v) is 0.223. The van der Waals surface area contributed by atoms with Gasteiger partial charge in [0, 0.05) is 0 Å². The van der Waals surface area contributed by atoms with Crippen LogP contribution in [0.4, 0.5) is 0 Å². The van der Waals surface area contributed by atoms with Crippen molar-refractivity contribution in [3.63, 3.8) is 0 Å². The smallest absolute Gasteiger partial charge is 0.212 e. The van der Waals surface area contributed by atoms with Gasteiger partial charge >= 0.3 is 0 Å². The van der Waals surface area contributed by atoms with Crippen molar-refractivity contribution in [1.29, 1.82) is 0 Å². The molecule has 0 aromatic rings. The van der Waals surface area contributed by atoms with Crippen molar-refractivity contribution in [2.45, 2.75) is 0 Å². The highest BCUT2D eigenvalue weighted by Gasteiger charge is 1.87. The standard InChI is InChI=1S/C3H5NO2/c1-2-6-4-3-5-1/h3H,1-2H2/i3D. The first kappa shape index (κ1) is 2.44. The van der Waals surface area contributed by atoms with E-state index in [-0.39, 0.29) is 6.38 Å². The molecule has 0 saturated carbocycles. The lowest BCUT2D eigenvalue weighted by Crippen LogP contribution is -2.04. The Hall–Kier alpha value is -0.730. The van der Waals surface area contributed by atoms with Gasteiger partial charge in [0.25, 0.3) is 0 Å². The zero-order valence-electron chi connectivity index (χ0n) is 4.18. The van der Waals surface area contributed by atoms with Crippen LogP contribution in [0.1, 0.15) is 1.37 Å². The average Bonchev–Trinajstić information content (AvgIpc) is 1.69. The Labute approximate surface area is 36.9 Å². The van der Waals surface area contributed by atoms with Crippen molar-refractivity contribution in [2.24, 2.45) is 5.16 Å². The first-order chi connectivity index (χ1) is 3.39. The molecule has 0 bridgehead atoms. The third-order valence-corrected chi connectivity index (χ3v) is 0.443. The average molecular weight is 88.1 g/mol. The number of rotatable bonds is 0. The summed E-state index contributed by atoms with van der Waals surface area (Å²) in [7, 11) is 0. The molecular weight excluding hydrogens is 82.0 g/mol. The van der Waals surface area contributed by atoms with Gasteiger partial charge in [0.15, 0.2) is 6.61 Å². The molecule has 0 unspecified atom stereocenters. The summed E-state index contributed by atoms with van der Waals surface area (Å²) in [5.41, 5.74) is 0. The fourth-order valence-electron chi connectivity index (χ4n) is 0.223. The SMILES string of the molecule is [2H]C1=NOCCO1. The molecule has 0 saturated heterocycles. The molecule has 0 N–H and O–H groups in total. The molecule has 3 heteroatoms. The van der Waals surface area contributed by atoms with Crippen LogP contribution in [-0.4, -0.2) is 19.6 Å². The van der Waals surface area contributed by atoms with Crippen LogP contribution in [0.3, 0.4) is 0 Å². The Bertz CT molecular complexity index is 92.9. The van der Waals surface area contributed by atoms with Gasteiger partial charge in [-0.15, -0.1) is 0 Å². The molecule has 1 aliphatic heterocycles. The van der Waals surface area contributed by atoms with Crippen LogP contribution in [0.15, 0.2) is 5.16 Å². The summed E-state index contributed by atoms with van der Waals surface area (Å²) in [4.78, 5) is 4.46. The van der Waals surface area contributed by atoms with Crippen LogP contribution in [0.2, 0.25) is 0 Å². The van der Waals surface area contributed by atoms with E-state index in [1.807, 2.05) is 0 Å². The first-order valence-corrected chi connectivity index (χ1v) is 1.69. The highest BCUT2D eigenvalue weighted by molar-refractivity contribution is 5.45. The maximum Gasteiger partial charge on any atom is 0.212 e. The summed E-state index contributed by atoms with van der Waals surface area (Å²) in [6.07, 6.45) is -0.133. The molecule has 0 aromatic heterocycles. The molecule has 0 amide bonds. The Morgan fingerprint density at radius 2 is 2.83 bits per heavy atom. The minimum absolute atomic E-state index is 0.133. The van der Waals surface area contributed by atoms with Crippen LogP contribution in [0.5, 0.6) is 0 Å². The number of ether oxygens (including phenoxy) is 1. The van der Waals surface area contributed by atoms with Crippen LogP contribution in [0.25, 0.3) is 0 Å². The lowest BCUT2D eigenvalue weighted by Gasteiger charge is -2.02. The van der Waals surface area contributed by atoms with E-state index in [1.165, 1.54) is 0 Å². The van der Waals surface area contributed by atoms with E-state index >= 15 is 0 Å². The van der Waals surface area contributed by atoms with Gasteiger partial charge in [0.05, 0.1) is 0 Å².